The lowest BCUT2D eigenvalue weighted by Crippen LogP contribution is -2.04. The van der Waals surface area contributed by atoms with Crippen molar-refractivity contribution in [3.8, 4) is 0 Å². The van der Waals surface area contributed by atoms with Gasteiger partial charge in [0.15, 0.2) is 0 Å². The standard InChI is InChI=1S/C15H11F3O4S/c1-20-15(19)9-2-4-12(17)10(6-9)8-21-22-23-14-7-11(16)3-5-13(14)18/h2-7H,8H2,1H3. The Morgan fingerprint density at radius 3 is 2.57 bits per heavy atom. The Labute approximate surface area is 134 Å². The lowest BCUT2D eigenvalue weighted by atomic mass is 10.1. The highest BCUT2D eigenvalue weighted by atomic mass is 32.2. The Hall–Kier alpha value is -2.03. The third kappa shape index (κ3) is 4.72. The van der Waals surface area contributed by atoms with Crippen molar-refractivity contribution in [2.45, 2.75) is 11.5 Å². The number of carbonyl (C=O) groups excluding carboxylic acids is 1. The molecule has 0 aromatic heterocycles. The zero-order valence-electron chi connectivity index (χ0n) is 11.8. The summed E-state index contributed by atoms with van der Waals surface area (Å²) in [6, 6.07) is 6.45. The molecule has 0 bridgehead atoms. The predicted molar refractivity (Wildman–Crippen MR) is 75.8 cm³/mol. The van der Waals surface area contributed by atoms with Crippen LogP contribution < -0.4 is 0 Å². The van der Waals surface area contributed by atoms with E-state index in [1.54, 1.807) is 0 Å². The van der Waals surface area contributed by atoms with E-state index in [-0.39, 0.29) is 22.6 Å². The van der Waals surface area contributed by atoms with Gasteiger partial charge in [0.25, 0.3) is 0 Å². The van der Waals surface area contributed by atoms with Crippen LogP contribution in [-0.4, -0.2) is 13.1 Å². The molecular weight excluding hydrogens is 333 g/mol. The molecule has 0 atom stereocenters. The van der Waals surface area contributed by atoms with Gasteiger partial charge in [0, 0.05) is 5.56 Å². The zero-order chi connectivity index (χ0) is 16.8. The monoisotopic (exact) mass is 344 g/mol. The minimum absolute atomic E-state index is 0.0493. The maximum atomic E-state index is 13.6. The summed E-state index contributed by atoms with van der Waals surface area (Å²) in [6.45, 7) is -0.333. The number of hydrogen-bond acceptors (Lipinski definition) is 5. The quantitative estimate of drug-likeness (QED) is 0.260. The van der Waals surface area contributed by atoms with Crippen LogP contribution in [-0.2, 0) is 20.6 Å². The average Bonchev–Trinajstić information content (AvgIpc) is 2.55. The number of halogens is 3. The van der Waals surface area contributed by atoms with Gasteiger partial charge in [-0.2, -0.15) is 4.33 Å². The summed E-state index contributed by atoms with van der Waals surface area (Å²) in [5.41, 5.74) is 0.199. The fraction of sp³-hybridized carbons (Fsp3) is 0.133. The summed E-state index contributed by atoms with van der Waals surface area (Å²) >= 11 is 0.450. The number of benzene rings is 2. The number of methoxy groups -OCH3 is 1. The first-order valence-corrected chi connectivity index (χ1v) is 7.03. The molecule has 0 amide bonds. The van der Waals surface area contributed by atoms with E-state index in [0.29, 0.717) is 12.0 Å². The highest BCUT2D eigenvalue weighted by molar-refractivity contribution is 7.94. The van der Waals surface area contributed by atoms with Crippen LogP contribution in [0.5, 0.6) is 0 Å². The maximum absolute atomic E-state index is 13.6. The van der Waals surface area contributed by atoms with Crippen LogP contribution in [0.25, 0.3) is 0 Å². The van der Waals surface area contributed by atoms with Gasteiger partial charge in [-0.05, 0) is 36.4 Å². The third-order valence-electron chi connectivity index (χ3n) is 2.75. The van der Waals surface area contributed by atoms with Crippen molar-refractivity contribution < 1.29 is 31.9 Å². The molecule has 2 aromatic carbocycles. The molecule has 0 aliphatic rings. The van der Waals surface area contributed by atoms with Gasteiger partial charge in [-0.3, -0.25) is 0 Å². The molecule has 0 unspecified atom stereocenters. The second kappa shape index (κ2) is 8.00. The van der Waals surface area contributed by atoms with Crippen LogP contribution >= 0.6 is 12.0 Å². The van der Waals surface area contributed by atoms with Crippen LogP contribution in [0.2, 0.25) is 0 Å². The lowest BCUT2D eigenvalue weighted by Gasteiger charge is -2.06. The maximum Gasteiger partial charge on any atom is 0.337 e. The Bertz CT molecular complexity index is 709. The topological polar surface area (TPSA) is 44.8 Å². The summed E-state index contributed by atoms with van der Waals surface area (Å²) in [6.07, 6.45) is 0. The van der Waals surface area contributed by atoms with E-state index in [1.165, 1.54) is 19.2 Å². The van der Waals surface area contributed by atoms with Crippen LogP contribution in [0.4, 0.5) is 13.2 Å². The number of carbonyl (C=O) groups is 1. The molecule has 0 aliphatic heterocycles. The van der Waals surface area contributed by atoms with Gasteiger partial charge in [0.2, 0.25) is 0 Å². The van der Waals surface area contributed by atoms with E-state index in [9.17, 15) is 18.0 Å². The summed E-state index contributed by atoms with van der Waals surface area (Å²) < 4.78 is 49.1. The van der Waals surface area contributed by atoms with Crippen molar-refractivity contribution in [1.29, 1.82) is 0 Å². The first-order chi connectivity index (χ1) is 11.0. The van der Waals surface area contributed by atoms with Crippen molar-refractivity contribution in [3.63, 3.8) is 0 Å². The van der Waals surface area contributed by atoms with Crippen molar-refractivity contribution in [1.82, 2.24) is 0 Å². The SMILES string of the molecule is COC(=O)c1ccc(F)c(COOSc2cc(F)ccc2F)c1. The van der Waals surface area contributed by atoms with E-state index in [2.05, 4.69) is 9.07 Å². The molecule has 4 nitrogen and oxygen atoms in total. The van der Waals surface area contributed by atoms with E-state index in [0.717, 1.165) is 24.3 Å². The van der Waals surface area contributed by atoms with Gasteiger partial charge < -0.3 is 4.74 Å². The third-order valence-corrected chi connectivity index (χ3v) is 3.40. The van der Waals surface area contributed by atoms with Crippen molar-refractivity contribution >= 4 is 18.0 Å². The summed E-state index contributed by atoms with van der Waals surface area (Å²) in [5, 5.41) is 0. The van der Waals surface area contributed by atoms with E-state index in [1.807, 2.05) is 0 Å². The van der Waals surface area contributed by atoms with E-state index < -0.39 is 23.4 Å². The van der Waals surface area contributed by atoms with Crippen LogP contribution in [0.15, 0.2) is 41.3 Å². The second-order valence-corrected chi connectivity index (χ2v) is 5.03. The molecule has 0 spiro atoms. The fourth-order valence-corrected chi connectivity index (χ4v) is 2.10. The predicted octanol–water partition coefficient (Wildman–Crippen LogP) is 4.05. The largest absolute Gasteiger partial charge is 0.465 e. The molecule has 0 N–H and O–H groups in total. The molecular formula is C15H11F3O4S. The molecule has 0 saturated heterocycles. The first-order valence-electron chi connectivity index (χ1n) is 6.29. The Morgan fingerprint density at radius 1 is 1.09 bits per heavy atom. The van der Waals surface area contributed by atoms with Crippen LogP contribution in [0.3, 0.4) is 0 Å². The molecule has 0 heterocycles. The fourth-order valence-electron chi connectivity index (χ4n) is 1.62. The normalized spacial score (nSPS) is 10.6. The molecule has 0 radical (unpaired) electrons. The Kier molecular flexibility index (Phi) is 6.03. The Balaban J connectivity index is 1.93. The lowest BCUT2D eigenvalue weighted by molar-refractivity contribution is -0.202. The minimum Gasteiger partial charge on any atom is -0.465 e. The summed E-state index contributed by atoms with van der Waals surface area (Å²) in [4.78, 5) is 16.0. The summed E-state index contributed by atoms with van der Waals surface area (Å²) in [7, 11) is 1.20. The highest BCUT2D eigenvalue weighted by Crippen LogP contribution is 2.24. The van der Waals surface area contributed by atoms with Gasteiger partial charge in [-0.1, -0.05) is 0 Å². The average molecular weight is 344 g/mol. The summed E-state index contributed by atoms with van der Waals surface area (Å²) in [5.74, 6) is -2.54. The zero-order valence-corrected chi connectivity index (χ0v) is 12.7. The van der Waals surface area contributed by atoms with Crippen LogP contribution in [0.1, 0.15) is 15.9 Å². The molecule has 8 heteroatoms. The van der Waals surface area contributed by atoms with Gasteiger partial charge in [0.1, 0.15) is 24.1 Å². The Morgan fingerprint density at radius 2 is 1.83 bits per heavy atom. The highest BCUT2D eigenvalue weighted by Gasteiger charge is 2.11. The smallest absolute Gasteiger partial charge is 0.337 e. The van der Waals surface area contributed by atoms with Crippen molar-refractivity contribution in [3.05, 3.63) is 65.0 Å². The van der Waals surface area contributed by atoms with Crippen LogP contribution in [0, 0.1) is 17.5 Å². The second-order valence-electron chi connectivity index (χ2n) is 4.29. The van der Waals surface area contributed by atoms with Crippen molar-refractivity contribution in [2.24, 2.45) is 0 Å². The molecule has 2 rings (SSSR count). The molecule has 2 aromatic rings. The number of esters is 1. The minimum atomic E-state index is -0.682. The number of ether oxygens (including phenoxy) is 1. The molecule has 0 fully saturated rings. The molecule has 23 heavy (non-hydrogen) atoms. The first kappa shape index (κ1) is 17.3. The van der Waals surface area contributed by atoms with E-state index in [4.69, 9.17) is 4.89 Å². The molecule has 0 saturated carbocycles. The number of rotatable bonds is 6. The number of hydrogen-bond donors (Lipinski definition) is 0. The van der Waals surface area contributed by atoms with E-state index >= 15 is 0 Å². The van der Waals surface area contributed by atoms with Gasteiger partial charge in [-0.25, -0.2) is 22.9 Å². The van der Waals surface area contributed by atoms with Gasteiger partial charge in [0.05, 0.1) is 29.6 Å². The van der Waals surface area contributed by atoms with Gasteiger partial charge >= 0.3 is 5.97 Å². The molecule has 122 valence electrons. The van der Waals surface area contributed by atoms with Crippen molar-refractivity contribution in [2.75, 3.05) is 7.11 Å². The van der Waals surface area contributed by atoms with Gasteiger partial charge in [-0.15, -0.1) is 0 Å². The molecule has 0 aliphatic carbocycles.